The van der Waals surface area contributed by atoms with Gasteiger partial charge in [0.1, 0.15) is 12.6 Å². The van der Waals surface area contributed by atoms with E-state index in [9.17, 15) is 9.59 Å². The number of nitrogens with one attached hydrogen (secondary N) is 2. The van der Waals surface area contributed by atoms with E-state index >= 15 is 0 Å². The van der Waals surface area contributed by atoms with E-state index in [1.807, 2.05) is 13.2 Å². The van der Waals surface area contributed by atoms with Gasteiger partial charge in [0.15, 0.2) is 5.78 Å². The topological polar surface area (TPSA) is 78.4 Å². The molecular weight excluding hydrogens is 216 g/mol. The van der Waals surface area contributed by atoms with Crippen LogP contribution in [0.5, 0.6) is 0 Å². The summed E-state index contributed by atoms with van der Waals surface area (Å²) in [6.45, 7) is 1.39. The number of hydrogen-bond donors (Lipinski definition) is 3. The van der Waals surface area contributed by atoms with Crippen LogP contribution in [0, 0.1) is 0 Å². The van der Waals surface area contributed by atoms with E-state index in [1.54, 1.807) is 18.8 Å². The highest BCUT2D eigenvalue weighted by Crippen LogP contribution is 2.13. The molecule has 0 aromatic rings. The monoisotopic (exact) mass is 234 g/mol. The van der Waals surface area contributed by atoms with Crippen molar-refractivity contribution in [3.05, 3.63) is 0 Å². The Morgan fingerprint density at radius 1 is 1.60 bits per heavy atom. The number of carbonyl (C=O) groups is 2. The number of aliphatic hydroxyl groups is 1. The van der Waals surface area contributed by atoms with Gasteiger partial charge in [-0.2, -0.15) is 11.8 Å². The van der Waals surface area contributed by atoms with Crippen LogP contribution in [0.1, 0.15) is 6.92 Å². The predicted molar refractivity (Wildman–Crippen MR) is 60.9 cm³/mol. The second-order valence-electron chi connectivity index (χ2n) is 3.14. The van der Waals surface area contributed by atoms with Gasteiger partial charge in [0.05, 0.1) is 0 Å². The maximum atomic E-state index is 11.4. The van der Waals surface area contributed by atoms with E-state index in [0.29, 0.717) is 6.41 Å². The fourth-order valence-electron chi connectivity index (χ4n) is 1.39. The van der Waals surface area contributed by atoms with Crippen molar-refractivity contribution in [1.82, 2.24) is 10.6 Å². The Labute approximate surface area is 94.0 Å². The summed E-state index contributed by atoms with van der Waals surface area (Å²) in [4.78, 5) is 21.8. The summed E-state index contributed by atoms with van der Waals surface area (Å²) in [5.41, 5.74) is 0. The molecule has 0 aliphatic heterocycles. The minimum Gasteiger partial charge on any atom is -0.388 e. The van der Waals surface area contributed by atoms with Crippen LogP contribution in [0.15, 0.2) is 0 Å². The molecule has 3 atom stereocenters. The molecule has 1 amide bonds. The van der Waals surface area contributed by atoms with E-state index in [4.69, 9.17) is 5.11 Å². The Balaban J connectivity index is 4.67. The van der Waals surface area contributed by atoms with Gasteiger partial charge in [-0.3, -0.25) is 9.59 Å². The third kappa shape index (κ3) is 4.19. The van der Waals surface area contributed by atoms with Crippen molar-refractivity contribution in [2.24, 2.45) is 0 Å². The van der Waals surface area contributed by atoms with Crippen LogP contribution < -0.4 is 10.6 Å². The molecule has 0 bridgehead atoms. The average molecular weight is 234 g/mol. The van der Waals surface area contributed by atoms with E-state index in [1.165, 1.54) is 0 Å². The molecule has 0 aromatic carbocycles. The Hall–Kier alpha value is -0.590. The number of rotatable bonds is 8. The fraction of sp³-hybridized carbons (Fsp3) is 0.778. The van der Waals surface area contributed by atoms with Crippen LogP contribution in [0.4, 0.5) is 0 Å². The molecule has 0 rings (SSSR count). The summed E-state index contributed by atoms with van der Waals surface area (Å²) in [5, 5.41) is 14.4. The first kappa shape index (κ1) is 14.4. The lowest BCUT2D eigenvalue weighted by atomic mass is 10.0. The molecule has 15 heavy (non-hydrogen) atoms. The molecule has 0 aliphatic rings. The first-order valence-corrected chi connectivity index (χ1v) is 5.94. The number of carbonyl (C=O) groups excluding carboxylic acids is 2. The number of ketones is 1. The first-order valence-electron chi connectivity index (χ1n) is 4.65. The summed E-state index contributed by atoms with van der Waals surface area (Å²) in [6.07, 6.45) is 2.41. The molecule has 0 heterocycles. The van der Waals surface area contributed by atoms with Gasteiger partial charge >= 0.3 is 0 Å². The molecule has 3 N–H and O–H groups in total. The van der Waals surface area contributed by atoms with Crippen LogP contribution in [0.25, 0.3) is 0 Å². The van der Waals surface area contributed by atoms with Gasteiger partial charge in [0.25, 0.3) is 0 Å². The lowest BCUT2D eigenvalue weighted by Gasteiger charge is -2.28. The number of Topliss-reactive ketones (excluding diaryl/α,β-unsaturated/α-hetero) is 1. The Kier molecular flexibility index (Phi) is 7.37. The Morgan fingerprint density at radius 2 is 2.20 bits per heavy atom. The van der Waals surface area contributed by atoms with Gasteiger partial charge in [-0.05, 0) is 13.3 Å². The molecule has 5 nitrogen and oxygen atoms in total. The van der Waals surface area contributed by atoms with E-state index in [0.717, 1.165) is 0 Å². The molecule has 0 saturated heterocycles. The molecular formula is C9H18N2O3S. The predicted octanol–water partition coefficient (Wildman–Crippen LogP) is -0.998. The van der Waals surface area contributed by atoms with Crippen molar-refractivity contribution in [3.63, 3.8) is 0 Å². The highest BCUT2D eigenvalue weighted by atomic mass is 32.2. The van der Waals surface area contributed by atoms with Crippen LogP contribution in [0.2, 0.25) is 0 Å². The normalized spacial score (nSPS) is 16.5. The van der Waals surface area contributed by atoms with Crippen molar-refractivity contribution in [1.29, 1.82) is 0 Å². The van der Waals surface area contributed by atoms with Crippen LogP contribution >= 0.6 is 11.8 Å². The summed E-state index contributed by atoms with van der Waals surface area (Å²) >= 11 is 1.59. The molecule has 0 aliphatic carbocycles. The lowest BCUT2D eigenvalue weighted by molar-refractivity contribution is -0.126. The number of thioether (sulfide) groups is 1. The second kappa shape index (κ2) is 7.67. The second-order valence-corrected chi connectivity index (χ2v) is 4.36. The molecule has 0 radical (unpaired) electrons. The van der Waals surface area contributed by atoms with E-state index in [2.05, 4.69) is 10.6 Å². The highest BCUT2D eigenvalue weighted by Gasteiger charge is 2.29. The minimum atomic E-state index is -0.681. The Bertz CT molecular complexity index is 214. The van der Waals surface area contributed by atoms with Crippen molar-refractivity contribution in [3.8, 4) is 0 Å². The summed E-state index contributed by atoms with van der Waals surface area (Å²) in [7, 11) is 1.72. The van der Waals surface area contributed by atoms with Crippen molar-refractivity contribution >= 4 is 24.0 Å². The van der Waals surface area contributed by atoms with E-state index < -0.39 is 12.6 Å². The molecule has 6 heteroatoms. The van der Waals surface area contributed by atoms with Crippen molar-refractivity contribution in [2.45, 2.75) is 24.3 Å². The van der Waals surface area contributed by atoms with Gasteiger partial charge in [0, 0.05) is 11.3 Å². The molecule has 0 saturated carbocycles. The number of likely N-dealkylation sites (N-methyl/N-ethyl adjacent to an activating group) is 1. The quantitative estimate of drug-likeness (QED) is 0.470. The zero-order chi connectivity index (χ0) is 11.8. The van der Waals surface area contributed by atoms with Crippen molar-refractivity contribution < 1.29 is 14.7 Å². The van der Waals surface area contributed by atoms with E-state index in [-0.39, 0.29) is 17.1 Å². The summed E-state index contributed by atoms with van der Waals surface area (Å²) in [5.74, 6) is -0.387. The maximum absolute atomic E-state index is 11.4. The van der Waals surface area contributed by atoms with Gasteiger partial charge in [-0.1, -0.05) is 6.92 Å². The van der Waals surface area contributed by atoms with Gasteiger partial charge in [-0.25, -0.2) is 0 Å². The minimum absolute atomic E-state index is 0.156. The third-order valence-electron chi connectivity index (χ3n) is 2.32. The third-order valence-corrected chi connectivity index (χ3v) is 3.36. The standard InChI is InChI=1S/C9H18N2O3S/c1-6(15-3)8(10-2)9(11-5-13)7(14)4-12/h5-6,8-10,12H,4H2,1-3H3,(H,11,13). The zero-order valence-electron chi connectivity index (χ0n) is 9.19. The molecule has 0 fully saturated rings. The molecule has 0 spiro atoms. The van der Waals surface area contributed by atoms with Crippen LogP contribution in [-0.4, -0.2) is 54.5 Å². The maximum Gasteiger partial charge on any atom is 0.207 e. The van der Waals surface area contributed by atoms with Gasteiger partial charge in [0.2, 0.25) is 6.41 Å². The van der Waals surface area contributed by atoms with Crippen LogP contribution in [-0.2, 0) is 9.59 Å². The Morgan fingerprint density at radius 3 is 2.53 bits per heavy atom. The van der Waals surface area contributed by atoms with Crippen molar-refractivity contribution in [2.75, 3.05) is 19.9 Å². The fourth-order valence-corrected chi connectivity index (χ4v) is 1.97. The van der Waals surface area contributed by atoms with Gasteiger partial charge < -0.3 is 15.7 Å². The first-order chi connectivity index (χ1) is 7.12. The number of aliphatic hydroxyl groups excluding tert-OH is 1. The molecule has 88 valence electrons. The molecule has 0 aromatic heterocycles. The highest BCUT2D eigenvalue weighted by molar-refractivity contribution is 7.99. The SMILES string of the molecule is CNC(C(C)SC)C(NC=O)C(=O)CO. The smallest absolute Gasteiger partial charge is 0.207 e. The lowest BCUT2D eigenvalue weighted by Crippen LogP contribution is -2.55. The molecule has 3 unspecified atom stereocenters. The van der Waals surface area contributed by atoms with Gasteiger partial charge in [-0.15, -0.1) is 0 Å². The largest absolute Gasteiger partial charge is 0.388 e. The summed E-state index contributed by atoms with van der Waals surface area (Å²) < 4.78 is 0. The zero-order valence-corrected chi connectivity index (χ0v) is 10.0. The average Bonchev–Trinajstić information content (AvgIpc) is 2.27. The number of amides is 1. The number of hydrogen-bond acceptors (Lipinski definition) is 5. The summed E-state index contributed by atoms with van der Waals surface area (Å²) in [6, 6.07) is -0.871. The van der Waals surface area contributed by atoms with Crippen LogP contribution in [0.3, 0.4) is 0 Å².